The lowest BCUT2D eigenvalue weighted by Gasteiger charge is -2.39. The van der Waals surface area contributed by atoms with Crippen LogP contribution in [0, 0.1) is 0 Å². The first kappa shape index (κ1) is 20.9. The molecular formula is C19H24O8. The molecule has 0 N–H and O–H groups in total. The number of hydrogen-bond donors (Lipinski definition) is 0. The maximum absolute atomic E-state index is 11.5. The first-order chi connectivity index (χ1) is 12.8. The van der Waals surface area contributed by atoms with Crippen molar-refractivity contribution in [1.82, 2.24) is 0 Å². The van der Waals surface area contributed by atoms with Gasteiger partial charge in [-0.25, -0.2) is 0 Å². The Labute approximate surface area is 157 Å². The van der Waals surface area contributed by atoms with Crippen LogP contribution in [-0.2, 0) is 44.7 Å². The number of hydrogen-bond acceptors (Lipinski definition) is 8. The van der Waals surface area contributed by atoms with Gasteiger partial charge in [-0.1, -0.05) is 30.3 Å². The molecule has 8 nitrogen and oxygen atoms in total. The van der Waals surface area contributed by atoms with Crippen LogP contribution in [0.3, 0.4) is 0 Å². The van der Waals surface area contributed by atoms with Gasteiger partial charge in [0.05, 0.1) is 6.61 Å². The lowest BCUT2D eigenvalue weighted by Crippen LogP contribution is -2.54. The summed E-state index contributed by atoms with van der Waals surface area (Å²) in [7, 11) is 0. The Bertz CT molecular complexity index is 644. The minimum atomic E-state index is -0.901. The fourth-order valence-corrected chi connectivity index (χ4v) is 2.77. The van der Waals surface area contributed by atoms with E-state index in [1.54, 1.807) is 0 Å². The summed E-state index contributed by atoms with van der Waals surface area (Å²) in [5.74, 6) is -1.58. The zero-order chi connectivity index (χ0) is 19.8. The SMILES string of the molecule is CC(=O)OC[C@H]1OC(OCc2ccccc2)C[C@@H](OC(C)=O)[C@@H]1OC(C)=O. The van der Waals surface area contributed by atoms with Crippen LogP contribution in [-0.4, -0.2) is 49.1 Å². The smallest absolute Gasteiger partial charge is 0.303 e. The predicted octanol–water partition coefficient (Wildman–Crippen LogP) is 1.74. The van der Waals surface area contributed by atoms with Gasteiger partial charge < -0.3 is 23.7 Å². The van der Waals surface area contributed by atoms with Gasteiger partial charge in [-0.15, -0.1) is 0 Å². The van der Waals surface area contributed by atoms with Gasteiger partial charge in [-0.2, -0.15) is 0 Å². The Kier molecular flexibility index (Phi) is 7.75. The summed E-state index contributed by atoms with van der Waals surface area (Å²) in [4.78, 5) is 34.1. The van der Waals surface area contributed by atoms with E-state index in [2.05, 4.69) is 0 Å². The van der Waals surface area contributed by atoms with Crippen molar-refractivity contribution in [3.8, 4) is 0 Å². The van der Waals surface area contributed by atoms with Crippen molar-refractivity contribution in [2.24, 2.45) is 0 Å². The summed E-state index contributed by atoms with van der Waals surface area (Å²) in [6, 6.07) is 9.50. The highest BCUT2D eigenvalue weighted by molar-refractivity contribution is 5.67. The molecule has 1 saturated heterocycles. The van der Waals surface area contributed by atoms with Gasteiger partial charge in [0.1, 0.15) is 18.8 Å². The van der Waals surface area contributed by atoms with Crippen LogP contribution in [0.25, 0.3) is 0 Å². The van der Waals surface area contributed by atoms with Crippen molar-refractivity contribution >= 4 is 17.9 Å². The van der Waals surface area contributed by atoms with Gasteiger partial charge in [0.15, 0.2) is 12.4 Å². The molecule has 1 aromatic rings. The summed E-state index contributed by atoms with van der Waals surface area (Å²) in [5.41, 5.74) is 0.948. The normalized spacial score (nSPS) is 24.7. The van der Waals surface area contributed by atoms with Crippen molar-refractivity contribution in [1.29, 1.82) is 0 Å². The van der Waals surface area contributed by atoms with E-state index in [1.165, 1.54) is 20.8 Å². The van der Waals surface area contributed by atoms with Gasteiger partial charge in [0.2, 0.25) is 0 Å². The molecule has 0 radical (unpaired) electrons. The summed E-state index contributed by atoms with van der Waals surface area (Å²) in [5, 5.41) is 0. The fraction of sp³-hybridized carbons (Fsp3) is 0.526. The molecule has 0 amide bonds. The zero-order valence-electron chi connectivity index (χ0n) is 15.6. The largest absolute Gasteiger partial charge is 0.463 e. The molecule has 0 saturated carbocycles. The first-order valence-corrected chi connectivity index (χ1v) is 8.64. The van der Waals surface area contributed by atoms with Crippen LogP contribution in [0.2, 0.25) is 0 Å². The Morgan fingerprint density at radius 1 is 1.00 bits per heavy atom. The van der Waals surface area contributed by atoms with Gasteiger partial charge in [0, 0.05) is 27.2 Å². The van der Waals surface area contributed by atoms with E-state index in [4.69, 9.17) is 23.7 Å². The average Bonchev–Trinajstić information content (AvgIpc) is 2.60. The molecule has 1 unspecified atom stereocenters. The van der Waals surface area contributed by atoms with E-state index >= 15 is 0 Å². The maximum atomic E-state index is 11.5. The van der Waals surface area contributed by atoms with E-state index < -0.39 is 42.5 Å². The number of benzene rings is 1. The molecule has 27 heavy (non-hydrogen) atoms. The van der Waals surface area contributed by atoms with E-state index in [9.17, 15) is 14.4 Å². The molecule has 148 valence electrons. The molecule has 1 heterocycles. The maximum Gasteiger partial charge on any atom is 0.303 e. The molecule has 1 aromatic carbocycles. The first-order valence-electron chi connectivity index (χ1n) is 8.64. The van der Waals surface area contributed by atoms with E-state index in [1.807, 2.05) is 30.3 Å². The molecule has 1 fully saturated rings. The van der Waals surface area contributed by atoms with Gasteiger partial charge in [-0.05, 0) is 5.56 Å². The third kappa shape index (κ3) is 6.99. The fourth-order valence-electron chi connectivity index (χ4n) is 2.77. The molecule has 8 heteroatoms. The van der Waals surface area contributed by atoms with Crippen molar-refractivity contribution in [3.05, 3.63) is 35.9 Å². The van der Waals surface area contributed by atoms with Gasteiger partial charge >= 0.3 is 17.9 Å². The van der Waals surface area contributed by atoms with Crippen molar-refractivity contribution in [2.45, 2.75) is 58.4 Å². The molecular weight excluding hydrogens is 356 g/mol. The molecule has 1 aliphatic heterocycles. The highest BCUT2D eigenvalue weighted by atomic mass is 16.7. The lowest BCUT2D eigenvalue weighted by atomic mass is 10.0. The predicted molar refractivity (Wildman–Crippen MR) is 92.3 cm³/mol. The Balaban J connectivity index is 2.10. The standard InChI is InChI=1S/C19H24O8/c1-12(20)23-11-17-19(26-14(3)22)16(25-13(2)21)9-18(27-17)24-10-15-7-5-4-6-8-15/h4-8,16-19H,9-11H2,1-3H3/t16-,17-,18?,19+/m1/s1. The highest BCUT2D eigenvalue weighted by Gasteiger charge is 2.44. The van der Waals surface area contributed by atoms with E-state index in [0.717, 1.165) is 5.56 Å². The van der Waals surface area contributed by atoms with Crippen molar-refractivity contribution in [2.75, 3.05) is 6.61 Å². The quantitative estimate of drug-likeness (QED) is 0.521. The van der Waals surface area contributed by atoms with Crippen LogP contribution in [0.4, 0.5) is 0 Å². The Hall–Kier alpha value is -2.45. The monoisotopic (exact) mass is 380 g/mol. The average molecular weight is 380 g/mol. The lowest BCUT2D eigenvalue weighted by molar-refractivity contribution is -0.269. The summed E-state index contributed by atoms with van der Waals surface area (Å²) in [6.07, 6.45) is -3.04. The number of ether oxygens (including phenoxy) is 5. The second-order valence-electron chi connectivity index (χ2n) is 6.16. The van der Waals surface area contributed by atoms with Crippen molar-refractivity contribution in [3.63, 3.8) is 0 Å². The van der Waals surface area contributed by atoms with Crippen LogP contribution in [0.15, 0.2) is 30.3 Å². The molecule has 2 rings (SSSR count). The number of rotatable bonds is 7. The van der Waals surface area contributed by atoms with Gasteiger partial charge in [-0.3, -0.25) is 14.4 Å². The number of carbonyl (C=O) groups excluding carboxylic acids is 3. The molecule has 0 aliphatic carbocycles. The Morgan fingerprint density at radius 3 is 2.26 bits per heavy atom. The third-order valence-corrected chi connectivity index (χ3v) is 3.83. The van der Waals surface area contributed by atoms with Crippen LogP contribution in [0.1, 0.15) is 32.8 Å². The molecule has 0 aromatic heterocycles. The molecule has 4 atom stereocenters. The summed E-state index contributed by atoms with van der Waals surface area (Å²) in [6.45, 7) is 3.90. The molecule has 0 bridgehead atoms. The van der Waals surface area contributed by atoms with Crippen molar-refractivity contribution < 1.29 is 38.1 Å². The zero-order valence-corrected chi connectivity index (χ0v) is 15.6. The van der Waals surface area contributed by atoms with Crippen LogP contribution in [0.5, 0.6) is 0 Å². The minimum absolute atomic E-state index is 0.157. The third-order valence-electron chi connectivity index (χ3n) is 3.83. The van der Waals surface area contributed by atoms with E-state index in [0.29, 0.717) is 0 Å². The number of carbonyl (C=O) groups is 3. The molecule has 1 aliphatic rings. The summed E-state index contributed by atoms with van der Waals surface area (Å²) >= 11 is 0. The van der Waals surface area contributed by atoms with Crippen LogP contribution >= 0.6 is 0 Å². The highest BCUT2D eigenvalue weighted by Crippen LogP contribution is 2.27. The second kappa shape index (κ2) is 10.0. The van der Waals surface area contributed by atoms with Crippen LogP contribution < -0.4 is 0 Å². The number of esters is 3. The topological polar surface area (TPSA) is 97.4 Å². The van der Waals surface area contributed by atoms with E-state index in [-0.39, 0.29) is 19.6 Å². The summed E-state index contributed by atoms with van der Waals surface area (Å²) < 4.78 is 27.2. The minimum Gasteiger partial charge on any atom is -0.463 e. The molecule has 0 spiro atoms. The second-order valence-corrected chi connectivity index (χ2v) is 6.16. The van der Waals surface area contributed by atoms with Gasteiger partial charge in [0.25, 0.3) is 0 Å². The Morgan fingerprint density at radius 2 is 1.67 bits per heavy atom.